The highest BCUT2D eigenvalue weighted by Crippen LogP contribution is 2.65. The molecule has 0 aromatic rings. The fraction of sp³-hybridized carbons (Fsp3) is 0.900. The summed E-state index contributed by atoms with van der Waals surface area (Å²) in [6.45, 7) is 2.20. The molecule has 0 saturated heterocycles. The molecule has 4 nitrogen and oxygen atoms in total. The summed E-state index contributed by atoms with van der Waals surface area (Å²) in [5.41, 5.74) is 0. The predicted octanol–water partition coefficient (Wildman–Crippen LogP) is 9.08. The van der Waals surface area contributed by atoms with Gasteiger partial charge in [0.25, 0.3) is 0 Å². The first kappa shape index (κ1) is 46.0. The average Bonchev–Trinajstić information content (AvgIpc) is 2.81. The summed E-state index contributed by atoms with van der Waals surface area (Å²) < 4.78 is 242. The van der Waals surface area contributed by atoms with Crippen molar-refractivity contribution in [2.24, 2.45) is 0 Å². The highest BCUT2D eigenvalue weighted by atomic mass is 19.4. The lowest BCUT2D eigenvalue weighted by atomic mass is 9.87. The molecule has 0 rings (SSSR count). The zero-order valence-electron chi connectivity index (χ0n) is 21.5. The van der Waals surface area contributed by atoms with Gasteiger partial charge in [-0.1, -0.05) is 45.4 Å². The zero-order valence-corrected chi connectivity index (χ0v) is 21.5. The van der Waals surface area contributed by atoms with E-state index < -0.39 is 65.5 Å². The Kier molecular flexibility index (Phi) is 15.4. The molecule has 2 N–H and O–H groups in total. The van der Waals surface area contributed by atoms with Crippen molar-refractivity contribution in [2.75, 3.05) is 0 Å². The van der Waals surface area contributed by atoms with E-state index >= 15 is 0 Å². The molecule has 0 atom stereocenters. The summed E-state index contributed by atoms with van der Waals surface area (Å²) in [6, 6.07) is 0. The minimum atomic E-state index is -9.06. The van der Waals surface area contributed by atoms with E-state index in [9.17, 15) is 93.0 Å². The summed E-state index contributed by atoms with van der Waals surface area (Å²) in [6.07, 6.45) is 0.692. The minimum Gasteiger partial charge on any atom is -0.481 e. The molecule has 0 fully saturated rings. The third-order valence-electron chi connectivity index (χ3n) is 5.38. The van der Waals surface area contributed by atoms with E-state index in [1.807, 2.05) is 0 Å². The van der Waals surface area contributed by atoms with Crippen molar-refractivity contribution in [3.8, 4) is 0 Å². The van der Waals surface area contributed by atoms with Crippen LogP contribution in [-0.2, 0) is 9.59 Å². The molecule has 24 heteroatoms. The van der Waals surface area contributed by atoms with Crippen LogP contribution in [-0.4, -0.2) is 75.7 Å². The average molecular weight is 706 g/mol. The second-order valence-electron chi connectivity index (χ2n) is 8.66. The third kappa shape index (κ3) is 8.22. The third-order valence-corrected chi connectivity index (χ3v) is 5.38. The van der Waals surface area contributed by atoms with Gasteiger partial charge in [0.05, 0.1) is 0 Å². The Morgan fingerprint density at radius 3 is 1.00 bits per heavy atom. The van der Waals surface area contributed by atoms with Gasteiger partial charge in [-0.3, -0.25) is 9.50 Å². The monoisotopic (exact) mass is 706 g/mol. The van der Waals surface area contributed by atoms with Gasteiger partial charge in [-0.05, 0) is 6.42 Å². The highest BCUT2D eigenvalue weighted by Gasteiger charge is 2.97. The van der Waals surface area contributed by atoms with Crippen LogP contribution in [0.1, 0.15) is 58.3 Å². The van der Waals surface area contributed by atoms with Crippen LogP contribution in [0.5, 0.6) is 0 Å². The van der Waals surface area contributed by atoms with Crippen LogP contribution in [0, 0.1) is 0 Å². The quantitative estimate of drug-likeness (QED) is 0.124. The maximum Gasteiger partial charge on any atom is 0.460 e. The SMILES string of the molecule is CCCCCCCCCC(=O)O.F.O=C(O)C(F)(F)C(F)(F)C(F)(F)C(F)(F)C(F)(F)C(F)(F)C(F)(F)C(F)(F)C(F)(F)F. The molecule has 0 aromatic carbocycles. The molecule has 0 bridgehead atoms. The van der Waals surface area contributed by atoms with Gasteiger partial charge in [0.2, 0.25) is 0 Å². The van der Waals surface area contributed by atoms with Gasteiger partial charge in [0.1, 0.15) is 0 Å². The summed E-state index contributed by atoms with van der Waals surface area (Å²) in [4.78, 5) is 19.9. The lowest BCUT2D eigenvalue weighted by molar-refractivity contribution is -0.467. The van der Waals surface area contributed by atoms with Crippen molar-refractivity contribution in [3.63, 3.8) is 0 Å². The Morgan fingerprint density at radius 1 is 0.455 bits per heavy atom. The molecule has 0 aliphatic heterocycles. The number of halogens is 20. The molecule has 0 spiro atoms. The number of unbranched alkanes of at least 4 members (excludes halogenated alkanes) is 6. The largest absolute Gasteiger partial charge is 0.481 e. The first-order valence-electron chi connectivity index (χ1n) is 11.3. The van der Waals surface area contributed by atoms with Gasteiger partial charge >= 0.3 is 65.5 Å². The lowest BCUT2D eigenvalue weighted by Crippen LogP contribution is -2.76. The number of carboxylic acid groups (broad SMARTS) is 2. The molecule has 266 valence electrons. The Hall–Kier alpha value is -2.46. The van der Waals surface area contributed by atoms with Crippen LogP contribution in [0.2, 0.25) is 0 Å². The molecule has 0 aromatic heterocycles. The van der Waals surface area contributed by atoms with Crippen molar-refractivity contribution in [1.29, 1.82) is 0 Å². The molecule has 44 heavy (non-hydrogen) atoms. The molecule has 0 radical (unpaired) electrons. The number of carboxylic acids is 2. The maximum atomic E-state index is 13.1. The molecular weight excluding hydrogens is 684 g/mol. The van der Waals surface area contributed by atoms with Gasteiger partial charge in [0, 0.05) is 6.42 Å². The van der Waals surface area contributed by atoms with Crippen molar-refractivity contribution in [2.45, 2.75) is 112 Å². The van der Waals surface area contributed by atoms with E-state index in [1.54, 1.807) is 0 Å². The van der Waals surface area contributed by atoms with E-state index in [0.717, 1.165) is 12.8 Å². The van der Waals surface area contributed by atoms with E-state index in [-0.39, 0.29) is 4.70 Å². The molecule has 0 unspecified atom stereocenters. The van der Waals surface area contributed by atoms with Crippen LogP contribution in [0.4, 0.5) is 88.1 Å². The van der Waals surface area contributed by atoms with Crippen LogP contribution >= 0.6 is 0 Å². The fourth-order valence-corrected chi connectivity index (χ4v) is 2.73. The van der Waals surface area contributed by atoms with Gasteiger partial charge < -0.3 is 10.2 Å². The number of hydrogen-bond acceptors (Lipinski definition) is 2. The van der Waals surface area contributed by atoms with Crippen LogP contribution < -0.4 is 0 Å². The van der Waals surface area contributed by atoms with Crippen molar-refractivity contribution < 1.29 is 108 Å². The van der Waals surface area contributed by atoms with Gasteiger partial charge in [-0.2, -0.15) is 83.4 Å². The Bertz CT molecular complexity index is 929. The highest BCUT2D eigenvalue weighted by molar-refractivity contribution is 5.77. The molecule has 0 aliphatic carbocycles. The molecular formula is C20H22F20O4. The molecule has 0 aliphatic rings. The van der Waals surface area contributed by atoms with E-state index in [1.165, 1.54) is 32.1 Å². The number of carbonyl (C=O) groups is 2. The fourth-order valence-electron chi connectivity index (χ4n) is 2.73. The van der Waals surface area contributed by atoms with Crippen LogP contribution in [0.15, 0.2) is 0 Å². The van der Waals surface area contributed by atoms with E-state index in [2.05, 4.69) is 6.92 Å². The Morgan fingerprint density at radius 2 is 0.727 bits per heavy atom. The predicted molar refractivity (Wildman–Crippen MR) is 106 cm³/mol. The normalized spacial score (nSPS) is 14.4. The number of hydrogen-bond donors (Lipinski definition) is 2. The summed E-state index contributed by atoms with van der Waals surface area (Å²) in [5, 5.41) is 16.0. The molecule has 0 heterocycles. The van der Waals surface area contributed by atoms with Crippen LogP contribution in [0.25, 0.3) is 0 Å². The smallest absolute Gasteiger partial charge is 0.460 e. The summed E-state index contributed by atoms with van der Waals surface area (Å²) in [5.74, 6) is -73.9. The lowest BCUT2D eigenvalue weighted by Gasteiger charge is -2.43. The molecule has 0 saturated carbocycles. The van der Waals surface area contributed by atoms with Gasteiger partial charge in [0.15, 0.2) is 0 Å². The standard InChI is InChI=1S/C10HF19O2.C10H20O2.FH/c11-2(12,1(30)31)3(13,14)4(15,16)5(17,18)6(19,20)7(21,22)8(23,24)9(25,26)10(27,28)29;1-2-3-4-5-6-7-8-9-10(11)12;/h(H,30,31);2-9H2,1H3,(H,11,12);1H. The Labute approximate surface area is 232 Å². The second-order valence-corrected chi connectivity index (χ2v) is 8.66. The first-order chi connectivity index (χ1) is 18.7. The van der Waals surface area contributed by atoms with Gasteiger partial charge in [-0.15, -0.1) is 0 Å². The minimum absolute atomic E-state index is 0. The van der Waals surface area contributed by atoms with Gasteiger partial charge in [-0.25, -0.2) is 4.79 Å². The maximum absolute atomic E-state index is 13.1. The topological polar surface area (TPSA) is 74.6 Å². The van der Waals surface area contributed by atoms with Crippen LogP contribution in [0.3, 0.4) is 0 Å². The zero-order chi connectivity index (χ0) is 35.3. The van der Waals surface area contributed by atoms with Crippen molar-refractivity contribution in [1.82, 2.24) is 0 Å². The van der Waals surface area contributed by atoms with E-state index in [4.69, 9.17) is 10.2 Å². The van der Waals surface area contributed by atoms with Crippen molar-refractivity contribution in [3.05, 3.63) is 0 Å². The molecule has 0 amide bonds. The number of alkyl halides is 19. The number of aliphatic carboxylic acids is 2. The number of rotatable bonds is 16. The second kappa shape index (κ2) is 14.8. The van der Waals surface area contributed by atoms with Crippen molar-refractivity contribution >= 4 is 11.9 Å². The first-order valence-corrected chi connectivity index (χ1v) is 11.3. The van der Waals surface area contributed by atoms with E-state index in [0.29, 0.717) is 6.42 Å². The summed E-state index contributed by atoms with van der Waals surface area (Å²) >= 11 is 0. The summed E-state index contributed by atoms with van der Waals surface area (Å²) in [7, 11) is 0. The Balaban J connectivity index is -0.00000109.